The molecule has 0 aliphatic heterocycles. The van der Waals surface area contributed by atoms with Gasteiger partial charge in [0.25, 0.3) is 5.91 Å². The SMILES string of the molecule is COc1cc(OC)cc(C(=O)Nc2cccc(NC(N)=O)c2)c1. The highest BCUT2D eigenvalue weighted by Crippen LogP contribution is 2.23. The van der Waals surface area contributed by atoms with Gasteiger partial charge in [0.15, 0.2) is 0 Å². The number of methoxy groups -OCH3 is 2. The van der Waals surface area contributed by atoms with E-state index in [1.807, 2.05) is 0 Å². The first-order chi connectivity index (χ1) is 11.0. The Morgan fingerprint density at radius 3 is 2.00 bits per heavy atom. The van der Waals surface area contributed by atoms with E-state index in [0.717, 1.165) is 0 Å². The van der Waals surface area contributed by atoms with Crippen molar-refractivity contribution in [3.63, 3.8) is 0 Å². The minimum absolute atomic E-state index is 0.335. The third-order valence-electron chi connectivity index (χ3n) is 3.00. The maximum absolute atomic E-state index is 12.3. The quantitative estimate of drug-likeness (QED) is 0.788. The van der Waals surface area contributed by atoms with Crippen LogP contribution in [0.3, 0.4) is 0 Å². The zero-order valence-corrected chi connectivity index (χ0v) is 12.8. The molecule has 0 fully saturated rings. The lowest BCUT2D eigenvalue weighted by atomic mass is 10.1. The van der Waals surface area contributed by atoms with Crippen LogP contribution in [0.4, 0.5) is 16.2 Å². The van der Waals surface area contributed by atoms with E-state index < -0.39 is 6.03 Å². The van der Waals surface area contributed by atoms with Gasteiger partial charge in [-0.1, -0.05) is 6.07 Å². The molecule has 2 rings (SSSR count). The van der Waals surface area contributed by atoms with E-state index in [9.17, 15) is 9.59 Å². The number of carbonyl (C=O) groups is 2. The highest BCUT2D eigenvalue weighted by molar-refractivity contribution is 6.05. The Morgan fingerprint density at radius 2 is 1.48 bits per heavy atom. The van der Waals surface area contributed by atoms with E-state index in [1.54, 1.807) is 42.5 Å². The van der Waals surface area contributed by atoms with Crippen LogP contribution in [0.25, 0.3) is 0 Å². The maximum Gasteiger partial charge on any atom is 0.316 e. The van der Waals surface area contributed by atoms with Crippen molar-refractivity contribution in [3.05, 3.63) is 48.0 Å². The van der Waals surface area contributed by atoms with Gasteiger partial charge in [0, 0.05) is 23.0 Å². The highest BCUT2D eigenvalue weighted by Gasteiger charge is 2.10. The minimum atomic E-state index is -0.675. The fourth-order valence-electron chi connectivity index (χ4n) is 1.96. The number of nitrogens with two attached hydrogens (primary N) is 1. The van der Waals surface area contributed by atoms with Crippen LogP contribution in [0.1, 0.15) is 10.4 Å². The Bertz CT molecular complexity index is 709. The average molecular weight is 315 g/mol. The van der Waals surface area contributed by atoms with Crippen molar-refractivity contribution in [2.45, 2.75) is 0 Å². The number of carbonyl (C=O) groups excluding carboxylic acids is 2. The normalized spacial score (nSPS) is 9.83. The fourth-order valence-corrected chi connectivity index (χ4v) is 1.96. The number of benzene rings is 2. The Labute approximate surface area is 133 Å². The molecule has 2 aromatic carbocycles. The number of primary amides is 1. The summed E-state index contributed by atoms with van der Waals surface area (Å²) in [5.41, 5.74) is 6.45. The van der Waals surface area contributed by atoms with Crippen LogP contribution >= 0.6 is 0 Å². The molecule has 7 nitrogen and oxygen atoms in total. The molecule has 0 saturated heterocycles. The standard InChI is InChI=1S/C16H17N3O4/c1-22-13-6-10(7-14(9-13)23-2)15(20)18-11-4-3-5-12(8-11)19-16(17)21/h3-9H,1-2H3,(H,18,20)(H3,17,19,21). The Morgan fingerprint density at radius 1 is 0.913 bits per heavy atom. The molecule has 0 bridgehead atoms. The summed E-state index contributed by atoms with van der Waals surface area (Å²) in [6, 6.07) is 10.8. The van der Waals surface area contributed by atoms with E-state index in [1.165, 1.54) is 14.2 Å². The third kappa shape index (κ3) is 4.37. The zero-order chi connectivity index (χ0) is 16.8. The first-order valence-corrected chi connectivity index (χ1v) is 6.73. The number of ether oxygens (including phenoxy) is 2. The highest BCUT2D eigenvalue weighted by atomic mass is 16.5. The average Bonchev–Trinajstić information content (AvgIpc) is 2.54. The number of hydrogen-bond acceptors (Lipinski definition) is 4. The number of nitrogens with one attached hydrogen (secondary N) is 2. The molecule has 0 heterocycles. The van der Waals surface area contributed by atoms with Crippen LogP contribution in [0.5, 0.6) is 11.5 Å². The zero-order valence-electron chi connectivity index (χ0n) is 12.8. The van der Waals surface area contributed by atoms with Crippen molar-refractivity contribution in [3.8, 4) is 11.5 Å². The molecule has 0 aliphatic carbocycles. The smallest absolute Gasteiger partial charge is 0.316 e. The van der Waals surface area contributed by atoms with Gasteiger partial charge >= 0.3 is 6.03 Å². The lowest BCUT2D eigenvalue weighted by molar-refractivity contribution is 0.102. The Kier molecular flexibility index (Phi) is 5.03. The van der Waals surface area contributed by atoms with Crippen LogP contribution in [0.2, 0.25) is 0 Å². The predicted molar refractivity (Wildman–Crippen MR) is 87.1 cm³/mol. The Balaban J connectivity index is 2.20. The predicted octanol–water partition coefficient (Wildman–Crippen LogP) is 2.45. The lowest BCUT2D eigenvalue weighted by Gasteiger charge is -2.10. The van der Waals surface area contributed by atoms with E-state index in [2.05, 4.69) is 10.6 Å². The van der Waals surface area contributed by atoms with E-state index in [0.29, 0.717) is 28.4 Å². The van der Waals surface area contributed by atoms with Gasteiger partial charge in [-0.25, -0.2) is 4.79 Å². The topological polar surface area (TPSA) is 103 Å². The second kappa shape index (κ2) is 7.17. The van der Waals surface area contributed by atoms with E-state index in [4.69, 9.17) is 15.2 Å². The molecule has 2 aromatic rings. The minimum Gasteiger partial charge on any atom is -0.497 e. The van der Waals surface area contributed by atoms with Gasteiger partial charge in [0.2, 0.25) is 0 Å². The summed E-state index contributed by atoms with van der Waals surface area (Å²) in [5.74, 6) is 0.690. The van der Waals surface area contributed by atoms with Gasteiger partial charge in [-0.3, -0.25) is 4.79 Å². The summed E-state index contributed by atoms with van der Waals surface area (Å²) in [7, 11) is 3.02. The molecule has 0 aliphatic rings. The number of urea groups is 1. The van der Waals surface area contributed by atoms with Gasteiger partial charge in [-0.05, 0) is 30.3 Å². The largest absolute Gasteiger partial charge is 0.497 e. The molecule has 0 saturated carbocycles. The summed E-state index contributed by atoms with van der Waals surface area (Å²) in [6.45, 7) is 0. The monoisotopic (exact) mass is 315 g/mol. The van der Waals surface area contributed by atoms with Crippen molar-refractivity contribution in [2.75, 3.05) is 24.9 Å². The molecule has 0 aromatic heterocycles. The van der Waals surface area contributed by atoms with Crippen molar-refractivity contribution < 1.29 is 19.1 Å². The summed E-state index contributed by atoms with van der Waals surface area (Å²) >= 11 is 0. The molecular formula is C16H17N3O4. The van der Waals surface area contributed by atoms with Crippen LogP contribution in [-0.2, 0) is 0 Å². The molecule has 0 spiro atoms. The van der Waals surface area contributed by atoms with Crippen molar-refractivity contribution in [1.29, 1.82) is 0 Å². The molecule has 7 heteroatoms. The van der Waals surface area contributed by atoms with Crippen LogP contribution < -0.4 is 25.8 Å². The number of anilines is 2. The molecule has 0 radical (unpaired) electrons. The summed E-state index contributed by atoms with van der Waals surface area (Å²) in [4.78, 5) is 23.2. The van der Waals surface area contributed by atoms with E-state index >= 15 is 0 Å². The first-order valence-electron chi connectivity index (χ1n) is 6.73. The van der Waals surface area contributed by atoms with E-state index in [-0.39, 0.29) is 5.91 Å². The van der Waals surface area contributed by atoms with Crippen LogP contribution in [-0.4, -0.2) is 26.2 Å². The molecule has 120 valence electrons. The van der Waals surface area contributed by atoms with Gasteiger partial charge in [0.1, 0.15) is 11.5 Å². The summed E-state index contributed by atoms with van der Waals surface area (Å²) in [5, 5.41) is 5.17. The molecule has 0 unspecified atom stereocenters. The maximum atomic E-state index is 12.3. The second-order valence-corrected chi connectivity index (χ2v) is 4.63. The summed E-state index contributed by atoms with van der Waals surface area (Å²) < 4.78 is 10.3. The fraction of sp³-hybridized carbons (Fsp3) is 0.125. The Hall–Kier alpha value is -3.22. The van der Waals surface area contributed by atoms with Crippen molar-refractivity contribution >= 4 is 23.3 Å². The van der Waals surface area contributed by atoms with Crippen LogP contribution in [0.15, 0.2) is 42.5 Å². The van der Waals surface area contributed by atoms with Crippen molar-refractivity contribution in [2.24, 2.45) is 5.73 Å². The molecule has 0 atom stereocenters. The van der Waals surface area contributed by atoms with Gasteiger partial charge in [0.05, 0.1) is 14.2 Å². The number of rotatable bonds is 5. The number of hydrogen-bond donors (Lipinski definition) is 3. The third-order valence-corrected chi connectivity index (χ3v) is 3.00. The van der Waals surface area contributed by atoms with Gasteiger partial charge < -0.3 is 25.8 Å². The van der Waals surface area contributed by atoms with Crippen molar-refractivity contribution in [1.82, 2.24) is 0 Å². The lowest BCUT2D eigenvalue weighted by Crippen LogP contribution is -2.19. The molecular weight excluding hydrogens is 298 g/mol. The molecule has 23 heavy (non-hydrogen) atoms. The molecule has 3 amide bonds. The number of amides is 3. The van der Waals surface area contributed by atoms with Crippen LogP contribution in [0, 0.1) is 0 Å². The first kappa shape index (κ1) is 16.2. The van der Waals surface area contributed by atoms with Gasteiger partial charge in [-0.2, -0.15) is 0 Å². The second-order valence-electron chi connectivity index (χ2n) is 4.63. The summed E-state index contributed by atoms with van der Waals surface area (Å²) in [6.07, 6.45) is 0. The molecule has 4 N–H and O–H groups in total. The van der Waals surface area contributed by atoms with Gasteiger partial charge in [-0.15, -0.1) is 0 Å².